The van der Waals surface area contributed by atoms with Gasteiger partial charge in [-0.05, 0) is 50.5 Å². The first-order valence-corrected chi connectivity index (χ1v) is 18.9. The lowest BCUT2D eigenvalue weighted by Crippen LogP contribution is -2.63. The van der Waals surface area contributed by atoms with E-state index in [1.807, 2.05) is 0 Å². The molecule has 2 aliphatic heterocycles. The van der Waals surface area contributed by atoms with E-state index in [1.54, 1.807) is 0 Å². The lowest BCUT2D eigenvalue weighted by atomic mass is 9.84. The number of halogens is 2. The summed E-state index contributed by atoms with van der Waals surface area (Å²) in [6.45, 7) is 2.99. The number of likely N-dealkylation sites (tertiary alicyclic amines) is 1. The number of amides is 4. The number of hydrogen-bond donors (Lipinski definition) is 3. The number of alkyl halides is 2. The number of carbonyl (C=O) groups is 5. The minimum Gasteiger partial charge on any atom is -0.384 e. The standard InChI is InChI=1S/C34H43F2N7O9S/c1-33(2,49)26-18-38-41-43(26)22-17-25(30(47)40-34(27(44)28(37)45)12-14-52-15-13-34)42(19-22)31(48)24(16-20-6-4-3-5-7-20)39-29(46)21-8-10-23(11-9-21)53(50,51)32(35)36/h8-11,18,20,22,25,32,49H,3-7,12-17,19H2,1-2H3,(H2,37,45)(H,40,47)/b39-24+/t22-,25-/m0/s1. The quantitative estimate of drug-likeness (QED) is 0.208. The molecule has 3 fully saturated rings. The summed E-state index contributed by atoms with van der Waals surface area (Å²) >= 11 is 0. The zero-order valence-electron chi connectivity index (χ0n) is 29.4. The molecule has 3 aliphatic rings. The molecule has 0 radical (unpaired) electrons. The molecule has 53 heavy (non-hydrogen) atoms. The van der Waals surface area contributed by atoms with Crippen LogP contribution in [0.4, 0.5) is 8.78 Å². The summed E-state index contributed by atoms with van der Waals surface area (Å²) in [5, 5.41) is 21.6. The van der Waals surface area contributed by atoms with Crippen LogP contribution in [0, 0.1) is 5.92 Å². The molecule has 1 aromatic carbocycles. The second-order valence-corrected chi connectivity index (χ2v) is 16.2. The van der Waals surface area contributed by atoms with Gasteiger partial charge in [0.2, 0.25) is 21.5 Å². The number of rotatable bonds is 12. The SMILES string of the molecule is CC(C)(O)c1cnnn1[C@H]1C[C@@H](C(=O)NC2(C(=O)C(N)=O)CCOCC2)N(C(=O)/C(CC2CCCCC2)=N/C(=O)c2ccc(S(=O)(=O)C(F)F)cc2)C1. The summed E-state index contributed by atoms with van der Waals surface area (Å²) in [5.74, 6) is -8.43. The zero-order chi connectivity index (χ0) is 38.7. The van der Waals surface area contributed by atoms with Crippen molar-refractivity contribution in [3.63, 3.8) is 0 Å². The van der Waals surface area contributed by atoms with Gasteiger partial charge < -0.3 is 25.8 Å². The van der Waals surface area contributed by atoms with Gasteiger partial charge in [-0.15, -0.1) is 5.10 Å². The molecule has 1 aliphatic carbocycles. The summed E-state index contributed by atoms with van der Waals surface area (Å²) in [5.41, 5.74) is 2.22. The van der Waals surface area contributed by atoms with Gasteiger partial charge in [-0.3, -0.25) is 24.0 Å². The van der Waals surface area contributed by atoms with Crippen LogP contribution in [0.15, 0.2) is 40.4 Å². The average molecular weight is 764 g/mol. The summed E-state index contributed by atoms with van der Waals surface area (Å²) < 4.78 is 56.8. The molecule has 2 aromatic rings. The first kappa shape index (κ1) is 39.7. The van der Waals surface area contributed by atoms with Gasteiger partial charge in [0.1, 0.15) is 22.9 Å². The Morgan fingerprint density at radius 2 is 1.74 bits per heavy atom. The normalized spacial score (nSPS) is 21.4. The van der Waals surface area contributed by atoms with E-state index in [0.717, 1.165) is 56.4 Å². The van der Waals surface area contributed by atoms with Crippen molar-refractivity contribution in [1.82, 2.24) is 25.2 Å². The van der Waals surface area contributed by atoms with Crippen LogP contribution < -0.4 is 11.1 Å². The van der Waals surface area contributed by atoms with E-state index in [4.69, 9.17) is 10.5 Å². The highest BCUT2D eigenvalue weighted by molar-refractivity contribution is 7.91. The molecule has 5 rings (SSSR count). The molecule has 19 heteroatoms. The number of hydrogen-bond acceptors (Lipinski definition) is 11. The van der Waals surface area contributed by atoms with Gasteiger partial charge in [-0.1, -0.05) is 37.3 Å². The molecule has 0 spiro atoms. The second kappa shape index (κ2) is 15.9. The van der Waals surface area contributed by atoms with Crippen LogP contribution >= 0.6 is 0 Å². The van der Waals surface area contributed by atoms with Crippen molar-refractivity contribution in [2.45, 2.75) is 106 Å². The van der Waals surface area contributed by atoms with Gasteiger partial charge in [0.05, 0.1) is 22.8 Å². The molecular formula is C34H43F2N7O9S. The number of sulfone groups is 1. The predicted octanol–water partition coefficient (Wildman–Crippen LogP) is 1.62. The zero-order valence-corrected chi connectivity index (χ0v) is 30.2. The fourth-order valence-corrected chi connectivity index (χ4v) is 7.91. The Balaban J connectivity index is 1.52. The Morgan fingerprint density at radius 1 is 1.09 bits per heavy atom. The number of ether oxygens (including phenoxy) is 1. The number of carbonyl (C=O) groups excluding carboxylic acids is 5. The van der Waals surface area contributed by atoms with E-state index in [9.17, 15) is 46.3 Å². The Morgan fingerprint density at radius 3 is 2.32 bits per heavy atom. The number of aliphatic hydroxyl groups is 1. The predicted molar refractivity (Wildman–Crippen MR) is 182 cm³/mol. The van der Waals surface area contributed by atoms with Gasteiger partial charge in [0.15, 0.2) is 0 Å². The molecule has 0 unspecified atom stereocenters. The van der Waals surface area contributed by atoms with Crippen molar-refractivity contribution in [1.29, 1.82) is 0 Å². The van der Waals surface area contributed by atoms with Crippen molar-refractivity contribution in [2.24, 2.45) is 16.6 Å². The first-order valence-electron chi connectivity index (χ1n) is 17.4. The average Bonchev–Trinajstić information content (AvgIpc) is 3.80. The van der Waals surface area contributed by atoms with Gasteiger partial charge in [0.25, 0.3) is 17.7 Å². The van der Waals surface area contributed by atoms with Crippen LogP contribution in [-0.4, -0.2) is 106 Å². The van der Waals surface area contributed by atoms with Crippen LogP contribution in [0.25, 0.3) is 0 Å². The largest absolute Gasteiger partial charge is 0.384 e. The molecule has 4 amide bonds. The number of ketones is 1. The number of nitrogens with zero attached hydrogens (tertiary/aromatic N) is 5. The maximum absolute atomic E-state index is 14.6. The third-order valence-electron chi connectivity index (χ3n) is 10.1. The summed E-state index contributed by atoms with van der Waals surface area (Å²) in [6.07, 6.45) is 5.55. The Kier molecular flexibility index (Phi) is 11.9. The molecule has 16 nitrogen and oxygen atoms in total. The third-order valence-corrected chi connectivity index (χ3v) is 11.5. The smallest absolute Gasteiger partial charge is 0.341 e. The Labute approximate surface area is 304 Å². The van der Waals surface area contributed by atoms with Crippen molar-refractivity contribution < 1.29 is 51.0 Å². The monoisotopic (exact) mass is 763 g/mol. The van der Waals surface area contributed by atoms with Crippen molar-refractivity contribution in [3.8, 4) is 0 Å². The summed E-state index contributed by atoms with van der Waals surface area (Å²) in [6, 6.07) is 1.77. The van der Waals surface area contributed by atoms with E-state index in [2.05, 4.69) is 20.6 Å². The van der Waals surface area contributed by atoms with Crippen LogP contribution in [0.3, 0.4) is 0 Å². The van der Waals surface area contributed by atoms with E-state index in [-0.39, 0.29) is 62.6 Å². The minimum atomic E-state index is -4.92. The van der Waals surface area contributed by atoms with E-state index < -0.39 is 73.1 Å². The third kappa shape index (κ3) is 8.67. The lowest BCUT2D eigenvalue weighted by Gasteiger charge is -2.37. The Bertz CT molecular complexity index is 1860. The van der Waals surface area contributed by atoms with E-state index >= 15 is 0 Å². The Hall–Kier alpha value is -4.49. The molecule has 2 atom stereocenters. The summed E-state index contributed by atoms with van der Waals surface area (Å²) in [4.78, 5) is 72.2. The maximum Gasteiger partial charge on any atom is 0.341 e. The number of Topliss-reactive ketones (excluding diaryl/α,β-unsaturated/α-hetero) is 1. The first-order chi connectivity index (χ1) is 24.9. The van der Waals surface area contributed by atoms with Crippen molar-refractivity contribution in [2.75, 3.05) is 19.8 Å². The topological polar surface area (TPSA) is 233 Å². The molecule has 4 N–H and O–H groups in total. The molecule has 1 saturated carbocycles. The number of primary amides is 1. The van der Waals surface area contributed by atoms with Crippen molar-refractivity contribution >= 4 is 45.0 Å². The van der Waals surface area contributed by atoms with Crippen LogP contribution in [-0.2, 0) is 39.4 Å². The van der Waals surface area contributed by atoms with Crippen LogP contribution in [0.5, 0.6) is 0 Å². The van der Waals surface area contributed by atoms with Crippen LogP contribution in [0.2, 0.25) is 0 Å². The molecule has 2 saturated heterocycles. The van der Waals surface area contributed by atoms with E-state index in [0.29, 0.717) is 5.69 Å². The van der Waals surface area contributed by atoms with Gasteiger partial charge in [0, 0.05) is 44.6 Å². The second-order valence-electron chi connectivity index (χ2n) is 14.3. The molecule has 1 aromatic heterocycles. The molecule has 0 bridgehead atoms. The number of aromatic nitrogens is 3. The molecular weight excluding hydrogens is 720 g/mol. The number of benzene rings is 1. The molecule has 3 heterocycles. The maximum atomic E-state index is 14.6. The molecule has 288 valence electrons. The van der Waals surface area contributed by atoms with E-state index in [1.165, 1.54) is 29.6 Å². The van der Waals surface area contributed by atoms with Crippen LogP contribution in [0.1, 0.15) is 93.7 Å². The fraction of sp³-hybridized carbons (Fsp3) is 0.588. The lowest BCUT2D eigenvalue weighted by molar-refractivity contribution is -0.146. The van der Waals surface area contributed by atoms with Gasteiger partial charge in [-0.2, -0.15) is 8.78 Å². The number of nitrogens with one attached hydrogen (secondary N) is 1. The highest BCUT2D eigenvalue weighted by atomic mass is 32.2. The number of aliphatic imine (C=N–C) groups is 1. The highest BCUT2D eigenvalue weighted by Crippen LogP contribution is 2.34. The van der Waals surface area contributed by atoms with Gasteiger partial charge >= 0.3 is 5.76 Å². The van der Waals surface area contributed by atoms with Gasteiger partial charge in [-0.25, -0.2) is 18.1 Å². The number of nitrogens with two attached hydrogens (primary N) is 1. The van der Waals surface area contributed by atoms with Crippen molar-refractivity contribution in [3.05, 3.63) is 41.7 Å². The summed E-state index contributed by atoms with van der Waals surface area (Å²) in [7, 11) is -4.92. The fourth-order valence-electron chi connectivity index (χ4n) is 7.19. The minimum absolute atomic E-state index is 0.0284. The highest BCUT2D eigenvalue weighted by Gasteiger charge is 2.49.